The molecule has 76 valence electrons. The Kier molecular flexibility index (Phi) is 2.47. The van der Waals surface area contributed by atoms with Gasteiger partial charge >= 0.3 is 0 Å². The quantitative estimate of drug-likeness (QED) is 0.761. The van der Waals surface area contributed by atoms with Crippen LogP contribution >= 0.6 is 15.9 Å². The van der Waals surface area contributed by atoms with Gasteiger partial charge in [0.05, 0.1) is 0 Å². The van der Waals surface area contributed by atoms with Gasteiger partial charge in [-0.2, -0.15) is 0 Å². The monoisotopic (exact) mass is 255 g/mol. The first-order chi connectivity index (χ1) is 6.63. The van der Waals surface area contributed by atoms with Crippen molar-refractivity contribution in [3.05, 3.63) is 17.0 Å². The molecule has 0 N–H and O–H groups in total. The molecule has 0 spiro atoms. The van der Waals surface area contributed by atoms with Crippen molar-refractivity contribution in [1.82, 2.24) is 9.97 Å². The summed E-state index contributed by atoms with van der Waals surface area (Å²) in [6, 6.07) is 1.97. The molecular formula is C10H14BrN3. The second-order valence-electron chi connectivity index (χ2n) is 4.22. The summed E-state index contributed by atoms with van der Waals surface area (Å²) in [6.07, 6.45) is 2.83. The van der Waals surface area contributed by atoms with Crippen LogP contribution in [0.4, 0.5) is 5.82 Å². The van der Waals surface area contributed by atoms with Crippen LogP contribution in [0.5, 0.6) is 0 Å². The first kappa shape index (κ1) is 9.90. The smallest absolute Gasteiger partial charge is 0.133 e. The highest BCUT2D eigenvalue weighted by atomic mass is 79.9. The van der Waals surface area contributed by atoms with Crippen LogP contribution in [0, 0.1) is 5.41 Å². The summed E-state index contributed by atoms with van der Waals surface area (Å²) >= 11 is 3.35. The number of rotatable bonds is 2. The predicted octanol–water partition coefficient (Wildman–Crippen LogP) is 2.48. The van der Waals surface area contributed by atoms with E-state index in [0.717, 1.165) is 23.5 Å². The first-order valence-electron chi connectivity index (χ1n) is 4.85. The molecule has 0 atom stereocenters. The Bertz CT molecular complexity index is 334. The fraction of sp³-hybridized carbons (Fsp3) is 0.600. The average Bonchev–Trinajstić information content (AvgIpc) is 2.13. The summed E-state index contributed by atoms with van der Waals surface area (Å²) < 4.78 is 0.854. The summed E-state index contributed by atoms with van der Waals surface area (Å²) in [6.45, 7) is 6.77. The summed E-state index contributed by atoms with van der Waals surface area (Å²) in [7, 11) is 0. The van der Waals surface area contributed by atoms with Gasteiger partial charge in [-0.15, -0.1) is 0 Å². The maximum Gasteiger partial charge on any atom is 0.133 e. The topological polar surface area (TPSA) is 29.0 Å². The molecule has 0 aliphatic carbocycles. The van der Waals surface area contributed by atoms with Gasteiger partial charge in [-0.05, 0) is 22.4 Å². The Balaban J connectivity index is 2.06. The summed E-state index contributed by atoms with van der Waals surface area (Å²) in [5.74, 6) is 1.03. The van der Waals surface area contributed by atoms with E-state index in [4.69, 9.17) is 0 Å². The van der Waals surface area contributed by atoms with Crippen LogP contribution < -0.4 is 4.90 Å². The van der Waals surface area contributed by atoms with Crippen molar-refractivity contribution in [1.29, 1.82) is 0 Å². The van der Waals surface area contributed by atoms with E-state index in [1.54, 1.807) is 6.33 Å². The molecular weight excluding hydrogens is 242 g/mol. The molecule has 0 unspecified atom stereocenters. The van der Waals surface area contributed by atoms with E-state index in [1.165, 1.54) is 6.42 Å². The van der Waals surface area contributed by atoms with Crippen molar-refractivity contribution in [2.75, 3.05) is 18.0 Å². The standard InChI is InChI=1S/C10H14BrN3/c1-3-10(2)5-14(6-10)9-4-8(11)12-7-13-9/h4,7H,3,5-6H2,1-2H3. The highest BCUT2D eigenvalue weighted by Gasteiger charge is 2.37. The third-order valence-corrected chi connectivity index (χ3v) is 3.38. The van der Waals surface area contributed by atoms with Crippen LogP contribution in [0.2, 0.25) is 0 Å². The van der Waals surface area contributed by atoms with Crippen molar-refractivity contribution >= 4 is 21.7 Å². The molecule has 1 aromatic rings. The number of anilines is 1. The van der Waals surface area contributed by atoms with Crippen LogP contribution in [-0.2, 0) is 0 Å². The lowest BCUT2D eigenvalue weighted by Crippen LogP contribution is -2.54. The normalized spacial score (nSPS) is 19.2. The fourth-order valence-corrected chi connectivity index (χ4v) is 2.05. The van der Waals surface area contributed by atoms with Gasteiger partial charge in [-0.25, -0.2) is 9.97 Å². The molecule has 0 bridgehead atoms. The lowest BCUT2D eigenvalue weighted by atomic mass is 9.79. The van der Waals surface area contributed by atoms with Gasteiger partial charge in [0.25, 0.3) is 0 Å². The van der Waals surface area contributed by atoms with Gasteiger partial charge < -0.3 is 4.90 Å². The van der Waals surface area contributed by atoms with Gasteiger partial charge in [0.15, 0.2) is 0 Å². The van der Waals surface area contributed by atoms with Gasteiger partial charge in [0, 0.05) is 24.6 Å². The maximum atomic E-state index is 4.25. The van der Waals surface area contributed by atoms with E-state index in [2.05, 4.69) is 44.6 Å². The van der Waals surface area contributed by atoms with E-state index >= 15 is 0 Å². The highest BCUT2D eigenvalue weighted by Crippen LogP contribution is 2.35. The van der Waals surface area contributed by atoms with Crippen LogP contribution in [0.25, 0.3) is 0 Å². The Hall–Kier alpha value is -0.640. The van der Waals surface area contributed by atoms with Crippen molar-refractivity contribution < 1.29 is 0 Å². The lowest BCUT2D eigenvalue weighted by molar-refractivity contribution is 0.232. The van der Waals surface area contributed by atoms with E-state index in [9.17, 15) is 0 Å². The van der Waals surface area contributed by atoms with Crippen LogP contribution in [0.3, 0.4) is 0 Å². The summed E-state index contributed by atoms with van der Waals surface area (Å²) in [5.41, 5.74) is 0.484. The molecule has 0 aromatic carbocycles. The molecule has 14 heavy (non-hydrogen) atoms. The molecule has 3 nitrogen and oxygen atoms in total. The molecule has 4 heteroatoms. The highest BCUT2D eigenvalue weighted by molar-refractivity contribution is 9.10. The molecule has 2 heterocycles. The number of halogens is 1. The van der Waals surface area contributed by atoms with Gasteiger partial charge in [0.1, 0.15) is 16.7 Å². The zero-order valence-corrected chi connectivity index (χ0v) is 10.1. The SMILES string of the molecule is CCC1(C)CN(c2cc(Br)ncn2)C1. The molecule has 1 saturated heterocycles. The number of hydrogen-bond acceptors (Lipinski definition) is 3. The minimum atomic E-state index is 0.484. The van der Waals surface area contributed by atoms with E-state index in [0.29, 0.717) is 5.41 Å². The van der Waals surface area contributed by atoms with Gasteiger partial charge in [0.2, 0.25) is 0 Å². The second kappa shape index (κ2) is 3.50. The molecule has 0 saturated carbocycles. The minimum Gasteiger partial charge on any atom is -0.355 e. The van der Waals surface area contributed by atoms with E-state index in [1.807, 2.05) is 6.07 Å². The largest absolute Gasteiger partial charge is 0.355 e. The zero-order valence-electron chi connectivity index (χ0n) is 8.50. The van der Waals surface area contributed by atoms with Gasteiger partial charge in [-0.3, -0.25) is 0 Å². The molecule has 1 fully saturated rings. The molecule has 1 aliphatic rings. The Morgan fingerprint density at radius 2 is 2.21 bits per heavy atom. The predicted molar refractivity (Wildman–Crippen MR) is 60.3 cm³/mol. The molecule has 1 aliphatic heterocycles. The molecule has 1 aromatic heterocycles. The number of hydrogen-bond donors (Lipinski definition) is 0. The second-order valence-corrected chi connectivity index (χ2v) is 5.03. The fourth-order valence-electron chi connectivity index (χ4n) is 1.76. The summed E-state index contributed by atoms with van der Waals surface area (Å²) in [4.78, 5) is 10.5. The van der Waals surface area contributed by atoms with Crippen LogP contribution in [-0.4, -0.2) is 23.1 Å². The summed E-state index contributed by atoms with van der Waals surface area (Å²) in [5, 5.41) is 0. The van der Waals surface area contributed by atoms with E-state index < -0.39 is 0 Å². The van der Waals surface area contributed by atoms with Gasteiger partial charge in [-0.1, -0.05) is 13.8 Å². The van der Waals surface area contributed by atoms with E-state index in [-0.39, 0.29) is 0 Å². The first-order valence-corrected chi connectivity index (χ1v) is 5.65. The minimum absolute atomic E-state index is 0.484. The maximum absolute atomic E-state index is 4.25. The zero-order chi connectivity index (χ0) is 10.2. The molecule has 2 rings (SSSR count). The average molecular weight is 256 g/mol. The van der Waals surface area contributed by atoms with Crippen molar-refractivity contribution in [2.45, 2.75) is 20.3 Å². The molecule has 0 radical (unpaired) electrons. The number of aromatic nitrogens is 2. The van der Waals surface area contributed by atoms with Crippen molar-refractivity contribution in [3.63, 3.8) is 0 Å². The van der Waals surface area contributed by atoms with Crippen LogP contribution in [0.1, 0.15) is 20.3 Å². The number of nitrogens with zero attached hydrogens (tertiary/aromatic N) is 3. The Morgan fingerprint density at radius 1 is 1.50 bits per heavy atom. The van der Waals surface area contributed by atoms with Crippen molar-refractivity contribution in [3.8, 4) is 0 Å². The van der Waals surface area contributed by atoms with Crippen LogP contribution in [0.15, 0.2) is 17.0 Å². The molecule has 0 amide bonds. The third-order valence-electron chi connectivity index (χ3n) is 2.94. The third kappa shape index (κ3) is 1.75. The Morgan fingerprint density at radius 3 is 2.79 bits per heavy atom. The lowest BCUT2D eigenvalue weighted by Gasteiger charge is -2.48. The van der Waals surface area contributed by atoms with Crippen molar-refractivity contribution in [2.24, 2.45) is 5.41 Å². The Labute approximate surface area is 92.7 Å².